The molecule has 148 valence electrons. The topological polar surface area (TPSA) is 66.4 Å². The molecule has 0 atom stereocenters. The van der Waals surface area contributed by atoms with Gasteiger partial charge in [0.1, 0.15) is 5.82 Å². The number of fused-ring (bicyclic) bond motifs is 1. The standard InChI is InChI=1S/C22H21ClN4O2/c1-14-16-6-3-4-7-18(16)25-20(24-14)13-26(2)22(29)17-10-9-15(23)12-19(17)27-11-5-8-21(27)28/h3-4,6-7,9-10,12H,5,8,11,13H2,1-2H3. The molecule has 2 amide bonds. The largest absolute Gasteiger partial charge is 0.334 e. The molecule has 0 saturated carbocycles. The van der Waals surface area contributed by atoms with Gasteiger partial charge >= 0.3 is 0 Å². The first-order valence-corrected chi connectivity index (χ1v) is 9.89. The first-order chi connectivity index (χ1) is 13.9. The third-order valence-electron chi connectivity index (χ3n) is 5.12. The normalized spacial score (nSPS) is 13.9. The van der Waals surface area contributed by atoms with Gasteiger partial charge in [-0.25, -0.2) is 9.97 Å². The highest BCUT2D eigenvalue weighted by Gasteiger charge is 2.27. The number of aryl methyl sites for hydroxylation is 1. The van der Waals surface area contributed by atoms with Gasteiger partial charge in [-0.2, -0.15) is 0 Å². The third kappa shape index (κ3) is 3.80. The molecule has 1 aliphatic heterocycles. The molecule has 1 aliphatic rings. The molecular formula is C22H21ClN4O2. The van der Waals surface area contributed by atoms with Gasteiger partial charge < -0.3 is 9.80 Å². The number of rotatable bonds is 4. The fraction of sp³-hybridized carbons (Fsp3) is 0.273. The Morgan fingerprint density at radius 3 is 2.76 bits per heavy atom. The number of benzene rings is 2. The number of hydrogen-bond donors (Lipinski definition) is 0. The molecule has 0 unspecified atom stereocenters. The number of nitrogens with zero attached hydrogens (tertiary/aromatic N) is 4. The van der Waals surface area contributed by atoms with E-state index in [2.05, 4.69) is 9.97 Å². The van der Waals surface area contributed by atoms with Crippen molar-refractivity contribution in [2.24, 2.45) is 0 Å². The monoisotopic (exact) mass is 408 g/mol. The highest BCUT2D eigenvalue weighted by molar-refractivity contribution is 6.31. The van der Waals surface area contributed by atoms with Crippen molar-refractivity contribution in [1.82, 2.24) is 14.9 Å². The van der Waals surface area contributed by atoms with Crippen LogP contribution in [0.1, 0.15) is 34.7 Å². The minimum atomic E-state index is -0.203. The summed E-state index contributed by atoms with van der Waals surface area (Å²) in [4.78, 5) is 37.8. The predicted molar refractivity (Wildman–Crippen MR) is 113 cm³/mol. The Bertz CT molecular complexity index is 1120. The number of carbonyl (C=O) groups excluding carboxylic acids is 2. The fourth-order valence-electron chi connectivity index (χ4n) is 3.67. The second-order valence-electron chi connectivity index (χ2n) is 7.21. The second kappa shape index (κ2) is 7.79. The lowest BCUT2D eigenvalue weighted by molar-refractivity contribution is -0.117. The van der Waals surface area contributed by atoms with Crippen molar-refractivity contribution in [1.29, 1.82) is 0 Å². The summed E-state index contributed by atoms with van der Waals surface area (Å²) in [5.41, 5.74) is 2.74. The van der Waals surface area contributed by atoms with Gasteiger partial charge in [0.2, 0.25) is 5.91 Å². The number of amides is 2. The lowest BCUT2D eigenvalue weighted by Crippen LogP contribution is -2.31. The van der Waals surface area contributed by atoms with Gasteiger partial charge in [0.15, 0.2) is 0 Å². The summed E-state index contributed by atoms with van der Waals surface area (Å²) in [5.74, 6) is 0.382. The summed E-state index contributed by atoms with van der Waals surface area (Å²) < 4.78 is 0. The van der Waals surface area contributed by atoms with Gasteiger partial charge in [-0.05, 0) is 37.6 Å². The first-order valence-electron chi connectivity index (χ1n) is 9.51. The number of para-hydroxylation sites is 1. The molecule has 4 rings (SSSR count). The van der Waals surface area contributed by atoms with Gasteiger partial charge in [-0.3, -0.25) is 9.59 Å². The van der Waals surface area contributed by atoms with Crippen molar-refractivity contribution in [3.63, 3.8) is 0 Å². The third-order valence-corrected chi connectivity index (χ3v) is 5.35. The number of carbonyl (C=O) groups is 2. The zero-order valence-electron chi connectivity index (χ0n) is 16.4. The first kappa shape index (κ1) is 19.3. The molecule has 3 aromatic rings. The average molecular weight is 409 g/mol. The van der Waals surface area contributed by atoms with E-state index in [0.29, 0.717) is 35.1 Å². The number of hydrogen-bond acceptors (Lipinski definition) is 4. The molecule has 2 aromatic carbocycles. The molecule has 0 bridgehead atoms. The van der Waals surface area contributed by atoms with Crippen LogP contribution >= 0.6 is 11.6 Å². The molecule has 0 radical (unpaired) electrons. The van der Waals surface area contributed by atoms with Crippen LogP contribution < -0.4 is 4.90 Å². The van der Waals surface area contributed by atoms with Crippen molar-refractivity contribution in [3.05, 3.63) is 64.6 Å². The summed E-state index contributed by atoms with van der Waals surface area (Å²) in [6, 6.07) is 12.8. The quantitative estimate of drug-likeness (QED) is 0.654. The maximum atomic E-state index is 13.2. The van der Waals surface area contributed by atoms with E-state index in [-0.39, 0.29) is 18.4 Å². The SMILES string of the molecule is Cc1nc(CN(C)C(=O)c2ccc(Cl)cc2N2CCCC2=O)nc2ccccc12. The van der Waals surface area contributed by atoms with Crippen molar-refractivity contribution >= 4 is 40.0 Å². The Hall–Kier alpha value is -2.99. The summed E-state index contributed by atoms with van der Waals surface area (Å²) in [7, 11) is 1.71. The zero-order chi connectivity index (χ0) is 20.5. The van der Waals surface area contributed by atoms with Crippen molar-refractivity contribution in [3.8, 4) is 0 Å². The van der Waals surface area contributed by atoms with Crippen LogP contribution in [0.5, 0.6) is 0 Å². The number of aromatic nitrogens is 2. The molecule has 1 fully saturated rings. The fourth-order valence-corrected chi connectivity index (χ4v) is 3.83. The van der Waals surface area contributed by atoms with E-state index >= 15 is 0 Å². The van der Waals surface area contributed by atoms with E-state index in [1.807, 2.05) is 31.2 Å². The maximum Gasteiger partial charge on any atom is 0.256 e. The Morgan fingerprint density at radius 2 is 2.00 bits per heavy atom. The van der Waals surface area contributed by atoms with Crippen LogP contribution in [0.15, 0.2) is 42.5 Å². The molecule has 0 N–H and O–H groups in total. The van der Waals surface area contributed by atoms with Crippen LogP contribution in [0, 0.1) is 6.92 Å². The molecule has 29 heavy (non-hydrogen) atoms. The van der Waals surface area contributed by atoms with Gasteiger partial charge in [0.25, 0.3) is 5.91 Å². The highest BCUT2D eigenvalue weighted by atomic mass is 35.5. The summed E-state index contributed by atoms with van der Waals surface area (Å²) in [5, 5.41) is 1.49. The van der Waals surface area contributed by atoms with Gasteiger partial charge in [-0.15, -0.1) is 0 Å². The number of anilines is 1. The number of halogens is 1. The van der Waals surface area contributed by atoms with Crippen LogP contribution in [0.2, 0.25) is 5.02 Å². The summed E-state index contributed by atoms with van der Waals surface area (Å²) >= 11 is 6.15. The summed E-state index contributed by atoms with van der Waals surface area (Å²) in [6.45, 7) is 2.79. The van der Waals surface area contributed by atoms with E-state index in [0.717, 1.165) is 23.0 Å². The Labute approximate surface area is 174 Å². The molecule has 0 aliphatic carbocycles. The molecule has 2 heterocycles. The van der Waals surface area contributed by atoms with E-state index in [9.17, 15) is 9.59 Å². The molecular weight excluding hydrogens is 388 g/mol. The Balaban J connectivity index is 1.63. The predicted octanol–water partition coefficient (Wildman–Crippen LogP) is 3.99. The van der Waals surface area contributed by atoms with E-state index in [1.54, 1.807) is 35.0 Å². The van der Waals surface area contributed by atoms with Crippen molar-refractivity contribution < 1.29 is 9.59 Å². The van der Waals surface area contributed by atoms with E-state index in [4.69, 9.17) is 11.6 Å². The van der Waals surface area contributed by atoms with Crippen LogP contribution in [-0.4, -0.2) is 40.3 Å². The van der Waals surface area contributed by atoms with Crippen molar-refractivity contribution in [2.75, 3.05) is 18.5 Å². The molecule has 1 aromatic heterocycles. The zero-order valence-corrected chi connectivity index (χ0v) is 17.1. The smallest absolute Gasteiger partial charge is 0.256 e. The second-order valence-corrected chi connectivity index (χ2v) is 7.65. The van der Waals surface area contributed by atoms with Crippen molar-refractivity contribution in [2.45, 2.75) is 26.3 Å². The highest BCUT2D eigenvalue weighted by Crippen LogP contribution is 2.29. The van der Waals surface area contributed by atoms with Crippen LogP contribution in [0.3, 0.4) is 0 Å². The van der Waals surface area contributed by atoms with Crippen LogP contribution in [0.25, 0.3) is 10.9 Å². The van der Waals surface area contributed by atoms with Gasteiger partial charge in [-0.1, -0.05) is 29.8 Å². The minimum absolute atomic E-state index is 0.0115. The van der Waals surface area contributed by atoms with Gasteiger partial charge in [0.05, 0.1) is 23.3 Å². The van der Waals surface area contributed by atoms with Crippen LogP contribution in [-0.2, 0) is 11.3 Å². The average Bonchev–Trinajstić information content (AvgIpc) is 3.13. The minimum Gasteiger partial charge on any atom is -0.334 e. The maximum absolute atomic E-state index is 13.2. The lowest BCUT2D eigenvalue weighted by atomic mass is 10.1. The Kier molecular flexibility index (Phi) is 5.20. The molecule has 0 spiro atoms. The molecule has 6 nitrogen and oxygen atoms in total. The van der Waals surface area contributed by atoms with Gasteiger partial charge in [0, 0.05) is 36.1 Å². The molecule has 1 saturated heterocycles. The lowest BCUT2D eigenvalue weighted by Gasteiger charge is -2.23. The van der Waals surface area contributed by atoms with E-state index in [1.165, 1.54) is 0 Å². The van der Waals surface area contributed by atoms with Crippen LogP contribution in [0.4, 0.5) is 5.69 Å². The Morgan fingerprint density at radius 1 is 1.21 bits per heavy atom. The van der Waals surface area contributed by atoms with E-state index < -0.39 is 0 Å². The summed E-state index contributed by atoms with van der Waals surface area (Å²) in [6.07, 6.45) is 1.26. The molecule has 7 heteroatoms.